The highest BCUT2D eigenvalue weighted by Gasteiger charge is 2.30. The fraction of sp³-hybridized carbons (Fsp3) is 0.350. The first-order valence-corrected chi connectivity index (χ1v) is 8.23. The summed E-state index contributed by atoms with van der Waals surface area (Å²) in [5, 5.41) is 0. The quantitative estimate of drug-likeness (QED) is 0.785. The number of hydrogen-bond acceptors (Lipinski definition) is 2. The Morgan fingerprint density at radius 2 is 1.86 bits per heavy atom. The van der Waals surface area contributed by atoms with E-state index in [2.05, 4.69) is 61.2 Å². The Labute approximate surface area is 132 Å². The van der Waals surface area contributed by atoms with Crippen molar-refractivity contribution in [2.75, 3.05) is 4.90 Å². The zero-order valence-electron chi connectivity index (χ0n) is 13.3. The third-order valence-corrected chi connectivity index (χ3v) is 5.09. The molecule has 0 N–H and O–H groups in total. The molecule has 2 aliphatic rings. The first-order chi connectivity index (χ1) is 10.7. The number of nitrogens with zero attached hydrogens (tertiary/aromatic N) is 2. The number of hydrogen-bond donors (Lipinski definition) is 0. The summed E-state index contributed by atoms with van der Waals surface area (Å²) in [7, 11) is 0. The molecule has 1 aliphatic carbocycles. The molecule has 0 radical (unpaired) electrons. The molecule has 0 saturated heterocycles. The molecule has 0 atom stereocenters. The van der Waals surface area contributed by atoms with E-state index in [1.54, 1.807) is 0 Å². The average molecular weight is 290 g/mol. The summed E-state index contributed by atoms with van der Waals surface area (Å²) in [6.45, 7) is 5.20. The molecule has 1 aliphatic heterocycles. The van der Waals surface area contributed by atoms with Crippen molar-refractivity contribution >= 4 is 11.8 Å². The minimum atomic E-state index is 0.705. The van der Waals surface area contributed by atoms with Gasteiger partial charge in [0.2, 0.25) is 0 Å². The predicted molar refractivity (Wildman–Crippen MR) is 91.7 cm³/mol. The second-order valence-electron chi connectivity index (χ2n) is 6.55. The summed E-state index contributed by atoms with van der Waals surface area (Å²) in [5.74, 6) is 0.705. The van der Waals surface area contributed by atoms with Gasteiger partial charge in [-0.25, -0.2) is 0 Å². The highest BCUT2D eigenvalue weighted by Crippen LogP contribution is 2.41. The van der Waals surface area contributed by atoms with Gasteiger partial charge in [-0.3, -0.25) is 4.98 Å². The first-order valence-electron chi connectivity index (χ1n) is 8.23. The Kier molecular flexibility index (Phi) is 3.25. The number of para-hydroxylation sites is 1. The van der Waals surface area contributed by atoms with Crippen LogP contribution in [0.15, 0.2) is 42.1 Å². The van der Waals surface area contributed by atoms with E-state index in [-0.39, 0.29) is 0 Å². The zero-order valence-corrected chi connectivity index (χ0v) is 13.3. The van der Waals surface area contributed by atoms with Crippen LogP contribution in [0, 0.1) is 19.8 Å². The van der Waals surface area contributed by atoms with Crippen LogP contribution >= 0.6 is 0 Å². The lowest BCUT2D eigenvalue weighted by Gasteiger charge is -2.39. The van der Waals surface area contributed by atoms with E-state index < -0.39 is 0 Å². The summed E-state index contributed by atoms with van der Waals surface area (Å²) in [4.78, 5) is 7.32. The molecule has 0 spiro atoms. The van der Waals surface area contributed by atoms with Gasteiger partial charge in [0.15, 0.2) is 0 Å². The number of allylic oxidation sites excluding steroid dienone is 1. The average Bonchev–Trinajstić information content (AvgIpc) is 2.47. The lowest BCUT2D eigenvalue weighted by atomic mass is 9.80. The SMILES string of the molecule is Cc1cc2c(nc1C)C=C(C1CCC1)N(c1ccccc1)C2. The summed E-state index contributed by atoms with van der Waals surface area (Å²) in [6.07, 6.45) is 6.32. The van der Waals surface area contributed by atoms with Crippen molar-refractivity contribution in [3.05, 3.63) is 64.6 Å². The van der Waals surface area contributed by atoms with Gasteiger partial charge >= 0.3 is 0 Å². The van der Waals surface area contributed by atoms with Crippen molar-refractivity contribution in [3.8, 4) is 0 Å². The molecular weight excluding hydrogens is 268 g/mol. The Bertz CT molecular complexity index is 727. The van der Waals surface area contributed by atoms with Gasteiger partial charge in [-0.05, 0) is 61.9 Å². The Morgan fingerprint density at radius 1 is 1.09 bits per heavy atom. The standard InChI is InChI=1S/C20H22N2/c1-14-11-17-13-22(18-9-4-3-5-10-18)20(16-7-6-8-16)12-19(17)21-15(14)2/h3-5,9-12,16H,6-8,13H2,1-2H3. The Balaban J connectivity index is 1.81. The topological polar surface area (TPSA) is 16.1 Å². The van der Waals surface area contributed by atoms with Crippen LogP contribution in [-0.4, -0.2) is 4.98 Å². The summed E-state index contributed by atoms with van der Waals surface area (Å²) >= 11 is 0. The third-order valence-electron chi connectivity index (χ3n) is 5.09. The van der Waals surface area contributed by atoms with E-state index >= 15 is 0 Å². The molecule has 22 heavy (non-hydrogen) atoms. The van der Waals surface area contributed by atoms with Crippen molar-refractivity contribution in [1.29, 1.82) is 0 Å². The van der Waals surface area contributed by atoms with E-state index in [1.165, 1.54) is 47.5 Å². The highest BCUT2D eigenvalue weighted by atomic mass is 15.2. The summed E-state index contributed by atoms with van der Waals surface area (Å²) in [5.41, 5.74) is 7.71. The van der Waals surface area contributed by atoms with Crippen molar-refractivity contribution < 1.29 is 0 Å². The van der Waals surface area contributed by atoms with Crippen LogP contribution in [0.4, 0.5) is 5.69 Å². The molecule has 1 aromatic heterocycles. The van der Waals surface area contributed by atoms with E-state index in [0.717, 1.165) is 12.2 Å². The minimum Gasteiger partial charge on any atom is -0.340 e. The highest BCUT2D eigenvalue weighted by molar-refractivity contribution is 5.67. The molecule has 2 heterocycles. The maximum absolute atomic E-state index is 4.83. The molecule has 112 valence electrons. The molecule has 1 fully saturated rings. The monoisotopic (exact) mass is 290 g/mol. The van der Waals surface area contributed by atoms with Crippen LogP contribution in [-0.2, 0) is 6.54 Å². The zero-order chi connectivity index (χ0) is 15.1. The second kappa shape index (κ2) is 5.28. The van der Waals surface area contributed by atoms with Gasteiger partial charge in [-0.1, -0.05) is 30.7 Å². The van der Waals surface area contributed by atoms with Gasteiger partial charge in [0.25, 0.3) is 0 Å². The largest absolute Gasteiger partial charge is 0.340 e. The van der Waals surface area contributed by atoms with Crippen LogP contribution in [0.3, 0.4) is 0 Å². The molecule has 1 saturated carbocycles. The van der Waals surface area contributed by atoms with Gasteiger partial charge in [0.1, 0.15) is 0 Å². The molecule has 0 amide bonds. The molecule has 2 aromatic rings. The third kappa shape index (κ3) is 2.23. The van der Waals surface area contributed by atoms with Crippen LogP contribution < -0.4 is 4.90 Å². The summed E-state index contributed by atoms with van der Waals surface area (Å²) in [6, 6.07) is 13.1. The van der Waals surface area contributed by atoms with E-state index in [1.807, 2.05) is 0 Å². The predicted octanol–water partition coefficient (Wildman–Crippen LogP) is 4.86. The van der Waals surface area contributed by atoms with Crippen molar-refractivity contribution in [3.63, 3.8) is 0 Å². The number of anilines is 1. The number of aryl methyl sites for hydroxylation is 2. The molecule has 0 bridgehead atoms. The van der Waals surface area contributed by atoms with Crippen molar-refractivity contribution in [1.82, 2.24) is 4.98 Å². The van der Waals surface area contributed by atoms with E-state index in [9.17, 15) is 0 Å². The van der Waals surface area contributed by atoms with Crippen LogP contribution in [0.2, 0.25) is 0 Å². The van der Waals surface area contributed by atoms with Crippen LogP contribution in [0.25, 0.3) is 6.08 Å². The summed E-state index contributed by atoms with van der Waals surface area (Å²) < 4.78 is 0. The molecular formula is C20H22N2. The Hall–Kier alpha value is -2.09. The van der Waals surface area contributed by atoms with Gasteiger partial charge in [0.05, 0.1) is 5.69 Å². The van der Waals surface area contributed by atoms with E-state index in [0.29, 0.717) is 5.92 Å². The van der Waals surface area contributed by atoms with Crippen LogP contribution in [0.1, 0.15) is 41.8 Å². The maximum Gasteiger partial charge on any atom is 0.0700 e. The van der Waals surface area contributed by atoms with E-state index in [4.69, 9.17) is 4.98 Å². The van der Waals surface area contributed by atoms with Gasteiger partial charge < -0.3 is 4.90 Å². The smallest absolute Gasteiger partial charge is 0.0700 e. The number of pyridine rings is 1. The lowest BCUT2D eigenvalue weighted by molar-refractivity contribution is 0.360. The van der Waals surface area contributed by atoms with Gasteiger partial charge in [0, 0.05) is 23.6 Å². The fourth-order valence-corrected chi connectivity index (χ4v) is 3.40. The van der Waals surface area contributed by atoms with Crippen molar-refractivity contribution in [2.24, 2.45) is 5.92 Å². The van der Waals surface area contributed by atoms with Gasteiger partial charge in [-0.15, -0.1) is 0 Å². The lowest BCUT2D eigenvalue weighted by Crippen LogP contribution is -2.32. The molecule has 0 unspecified atom stereocenters. The number of rotatable bonds is 2. The van der Waals surface area contributed by atoms with Crippen LogP contribution in [0.5, 0.6) is 0 Å². The number of aromatic nitrogens is 1. The first kappa shape index (κ1) is 13.6. The van der Waals surface area contributed by atoms with Gasteiger partial charge in [-0.2, -0.15) is 0 Å². The fourth-order valence-electron chi connectivity index (χ4n) is 3.40. The molecule has 2 nitrogen and oxygen atoms in total. The maximum atomic E-state index is 4.83. The normalized spacial score (nSPS) is 17.7. The molecule has 2 heteroatoms. The number of benzene rings is 1. The second-order valence-corrected chi connectivity index (χ2v) is 6.55. The van der Waals surface area contributed by atoms with Crippen molar-refractivity contribution in [2.45, 2.75) is 39.7 Å². The molecule has 4 rings (SSSR count). The minimum absolute atomic E-state index is 0.705. The number of fused-ring (bicyclic) bond motifs is 1. The Morgan fingerprint density at radius 3 is 2.55 bits per heavy atom. The molecule has 1 aromatic carbocycles.